The van der Waals surface area contributed by atoms with Crippen LogP contribution in [-0.2, 0) is 5.60 Å². The van der Waals surface area contributed by atoms with Crippen molar-refractivity contribution >= 4 is 11.8 Å². The van der Waals surface area contributed by atoms with Crippen molar-refractivity contribution in [2.75, 3.05) is 5.75 Å². The van der Waals surface area contributed by atoms with Crippen molar-refractivity contribution in [3.05, 3.63) is 35.4 Å². The van der Waals surface area contributed by atoms with E-state index in [1.54, 1.807) is 0 Å². The summed E-state index contributed by atoms with van der Waals surface area (Å²) in [4.78, 5) is 0. The lowest BCUT2D eigenvalue weighted by molar-refractivity contribution is 0.0426. The van der Waals surface area contributed by atoms with Crippen LogP contribution in [0.2, 0.25) is 0 Å². The summed E-state index contributed by atoms with van der Waals surface area (Å²) < 4.78 is 0. The minimum Gasteiger partial charge on any atom is -0.384 e. The third kappa shape index (κ3) is 1.57. The number of aryl methyl sites for hydroxylation is 1. The van der Waals surface area contributed by atoms with Gasteiger partial charge >= 0.3 is 0 Å². The average molecular weight is 208 g/mol. The molecule has 0 unspecified atom stereocenters. The second-order valence-electron chi connectivity index (χ2n) is 4.06. The van der Waals surface area contributed by atoms with E-state index in [0.717, 1.165) is 17.7 Å². The minimum absolute atomic E-state index is 0.310. The van der Waals surface area contributed by atoms with Crippen molar-refractivity contribution < 1.29 is 5.11 Å². The zero-order valence-electron chi connectivity index (χ0n) is 8.66. The number of aliphatic hydroxyl groups is 1. The van der Waals surface area contributed by atoms with Crippen molar-refractivity contribution in [1.82, 2.24) is 0 Å². The van der Waals surface area contributed by atoms with E-state index in [4.69, 9.17) is 0 Å². The molecule has 0 radical (unpaired) electrons. The Balaban J connectivity index is 2.38. The third-order valence-electron chi connectivity index (χ3n) is 3.04. The summed E-state index contributed by atoms with van der Waals surface area (Å²) in [6.45, 7) is 4.18. The van der Waals surface area contributed by atoms with Crippen LogP contribution >= 0.6 is 11.8 Å². The normalized spacial score (nSPS) is 32.1. The fourth-order valence-corrected chi connectivity index (χ4v) is 3.34. The van der Waals surface area contributed by atoms with Crippen molar-refractivity contribution in [1.29, 1.82) is 0 Å². The van der Waals surface area contributed by atoms with E-state index in [-0.39, 0.29) is 0 Å². The molecule has 1 heterocycles. The Morgan fingerprint density at radius 1 is 1.50 bits per heavy atom. The molecule has 1 saturated heterocycles. The summed E-state index contributed by atoms with van der Waals surface area (Å²) in [5.41, 5.74) is 1.70. The fraction of sp³-hybridized carbons (Fsp3) is 0.500. The quantitative estimate of drug-likeness (QED) is 0.765. The Labute approximate surface area is 89.5 Å². The average Bonchev–Trinajstić information content (AvgIpc) is 2.49. The first kappa shape index (κ1) is 10.1. The lowest BCUT2D eigenvalue weighted by Crippen LogP contribution is -2.31. The Hall–Kier alpha value is -0.470. The molecule has 0 spiro atoms. The molecular formula is C12H16OS. The maximum Gasteiger partial charge on any atom is 0.102 e. The molecule has 0 aromatic heterocycles. The van der Waals surface area contributed by atoms with Gasteiger partial charge in [-0.05, 0) is 24.7 Å². The Morgan fingerprint density at radius 3 is 2.86 bits per heavy atom. The van der Waals surface area contributed by atoms with E-state index < -0.39 is 5.60 Å². The molecule has 76 valence electrons. The Morgan fingerprint density at radius 2 is 2.29 bits per heavy atom. The monoisotopic (exact) mass is 208 g/mol. The van der Waals surface area contributed by atoms with Gasteiger partial charge in [0.05, 0.1) is 0 Å². The highest BCUT2D eigenvalue weighted by molar-refractivity contribution is 8.00. The smallest absolute Gasteiger partial charge is 0.102 e. The van der Waals surface area contributed by atoms with Crippen molar-refractivity contribution in [3.63, 3.8) is 0 Å². The Bertz CT molecular complexity index is 337. The highest BCUT2D eigenvalue weighted by atomic mass is 32.2. The number of rotatable bonds is 1. The van der Waals surface area contributed by atoms with Gasteiger partial charge in [-0.1, -0.05) is 36.8 Å². The van der Waals surface area contributed by atoms with Gasteiger partial charge in [0, 0.05) is 5.25 Å². The zero-order chi connectivity index (χ0) is 10.2. The molecule has 2 rings (SSSR count). The van der Waals surface area contributed by atoms with Crippen LogP contribution in [0.3, 0.4) is 0 Å². The molecule has 1 nitrogen and oxygen atoms in total. The molecule has 0 saturated carbocycles. The minimum atomic E-state index is -0.601. The predicted molar refractivity (Wildman–Crippen MR) is 61.6 cm³/mol. The van der Waals surface area contributed by atoms with Crippen LogP contribution in [0, 0.1) is 6.92 Å². The van der Waals surface area contributed by atoms with Gasteiger partial charge in [-0.3, -0.25) is 0 Å². The van der Waals surface area contributed by atoms with Gasteiger partial charge in [0.15, 0.2) is 0 Å². The molecule has 0 aliphatic carbocycles. The third-order valence-corrected chi connectivity index (χ3v) is 4.37. The molecule has 1 aromatic carbocycles. The number of hydrogen-bond donors (Lipinski definition) is 1. The second-order valence-corrected chi connectivity index (χ2v) is 5.51. The SMILES string of the molecule is Cc1cccc([C@]2(O)CCS[C@H]2C)c1. The highest BCUT2D eigenvalue weighted by Crippen LogP contribution is 2.42. The number of hydrogen-bond acceptors (Lipinski definition) is 2. The van der Waals surface area contributed by atoms with Gasteiger partial charge in [-0.2, -0.15) is 11.8 Å². The van der Waals surface area contributed by atoms with Crippen LogP contribution in [0.25, 0.3) is 0 Å². The molecule has 1 aromatic rings. The largest absolute Gasteiger partial charge is 0.384 e. The highest BCUT2D eigenvalue weighted by Gasteiger charge is 2.40. The van der Waals surface area contributed by atoms with Crippen LogP contribution < -0.4 is 0 Å². The molecular weight excluding hydrogens is 192 g/mol. The summed E-state index contributed by atoms with van der Waals surface area (Å²) in [5.74, 6) is 1.06. The van der Waals surface area contributed by atoms with Gasteiger partial charge in [0.25, 0.3) is 0 Å². The molecule has 1 N–H and O–H groups in total. The van der Waals surface area contributed by atoms with E-state index in [2.05, 4.69) is 26.0 Å². The summed E-state index contributed by atoms with van der Waals surface area (Å²) >= 11 is 1.85. The molecule has 14 heavy (non-hydrogen) atoms. The van der Waals surface area contributed by atoms with Crippen molar-refractivity contribution in [3.8, 4) is 0 Å². The molecule has 2 heteroatoms. The van der Waals surface area contributed by atoms with E-state index >= 15 is 0 Å². The first-order chi connectivity index (χ1) is 6.63. The molecule has 0 amide bonds. The zero-order valence-corrected chi connectivity index (χ0v) is 9.47. The van der Waals surface area contributed by atoms with E-state index in [1.807, 2.05) is 23.9 Å². The van der Waals surface area contributed by atoms with Crippen LogP contribution in [0.1, 0.15) is 24.5 Å². The summed E-state index contributed by atoms with van der Waals surface area (Å²) in [5, 5.41) is 10.8. The maximum absolute atomic E-state index is 10.5. The van der Waals surface area contributed by atoms with Crippen molar-refractivity contribution in [2.24, 2.45) is 0 Å². The summed E-state index contributed by atoms with van der Waals surface area (Å²) in [7, 11) is 0. The number of thioether (sulfide) groups is 1. The van der Waals surface area contributed by atoms with Gasteiger partial charge < -0.3 is 5.11 Å². The van der Waals surface area contributed by atoms with Gasteiger partial charge in [-0.15, -0.1) is 0 Å². The first-order valence-electron chi connectivity index (χ1n) is 5.04. The number of benzene rings is 1. The van der Waals surface area contributed by atoms with Crippen LogP contribution in [0.5, 0.6) is 0 Å². The fourth-order valence-electron chi connectivity index (χ4n) is 2.03. The first-order valence-corrected chi connectivity index (χ1v) is 6.09. The molecule has 1 aliphatic rings. The Kier molecular flexibility index (Phi) is 2.58. The lowest BCUT2D eigenvalue weighted by Gasteiger charge is -2.27. The van der Waals surface area contributed by atoms with Gasteiger partial charge in [-0.25, -0.2) is 0 Å². The standard InChI is InChI=1S/C12H16OS/c1-9-4-3-5-11(8-9)12(13)6-7-14-10(12)2/h3-5,8,10,13H,6-7H2,1-2H3/t10-,12-/m0/s1. The molecule has 2 atom stereocenters. The maximum atomic E-state index is 10.5. The summed E-state index contributed by atoms with van der Waals surface area (Å²) in [6, 6.07) is 8.23. The van der Waals surface area contributed by atoms with E-state index in [1.165, 1.54) is 5.56 Å². The van der Waals surface area contributed by atoms with Crippen LogP contribution in [0.4, 0.5) is 0 Å². The van der Waals surface area contributed by atoms with Gasteiger partial charge in [0.2, 0.25) is 0 Å². The van der Waals surface area contributed by atoms with Crippen molar-refractivity contribution in [2.45, 2.75) is 31.1 Å². The summed E-state index contributed by atoms with van der Waals surface area (Å²) in [6.07, 6.45) is 0.877. The van der Waals surface area contributed by atoms with E-state index in [0.29, 0.717) is 5.25 Å². The molecule has 1 fully saturated rings. The molecule has 1 aliphatic heterocycles. The lowest BCUT2D eigenvalue weighted by atomic mass is 9.88. The van der Waals surface area contributed by atoms with Crippen LogP contribution in [-0.4, -0.2) is 16.1 Å². The topological polar surface area (TPSA) is 20.2 Å². The van der Waals surface area contributed by atoms with E-state index in [9.17, 15) is 5.11 Å². The predicted octanol–water partition coefficient (Wildman–Crippen LogP) is 2.71. The molecule has 0 bridgehead atoms. The van der Waals surface area contributed by atoms with Crippen LogP contribution in [0.15, 0.2) is 24.3 Å². The van der Waals surface area contributed by atoms with Gasteiger partial charge in [0.1, 0.15) is 5.60 Å². The second kappa shape index (κ2) is 3.59.